The Bertz CT molecular complexity index is 683. The van der Waals surface area contributed by atoms with Crippen LogP contribution >= 0.6 is 11.8 Å². The number of amides is 1. The Balaban J connectivity index is 1.63. The first-order valence-corrected chi connectivity index (χ1v) is 8.56. The molecule has 1 aliphatic heterocycles. The fourth-order valence-electron chi connectivity index (χ4n) is 2.35. The highest BCUT2D eigenvalue weighted by Gasteiger charge is 2.25. The molecule has 128 valence electrons. The highest BCUT2D eigenvalue weighted by Crippen LogP contribution is 2.28. The number of benzene rings is 1. The molecule has 24 heavy (non-hydrogen) atoms. The van der Waals surface area contributed by atoms with E-state index in [0.717, 1.165) is 11.3 Å². The predicted molar refractivity (Wildman–Crippen MR) is 89.0 cm³/mol. The van der Waals surface area contributed by atoms with Crippen molar-refractivity contribution in [3.8, 4) is 17.2 Å². The monoisotopic (exact) mass is 349 g/mol. The molecule has 1 amide bonds. The zero-order valence-electron chi connectivity index (χ0n) is 13.6. The van der Waals surface area contributed by atoms with Gasteiger partial charge in [0.1, 0.15) is 5.75 Å². The van der Waals surface area contributed by atoms with E-state index in [0.29, 0.717) is 37.4 Å². The van der Waals surface area contributed by atoms with Crippen molar-refractivity contribution in [1.29, 1.82) is 0 Å². The maximum atomic E-state index is 12.4. The minimum atomic E-state index is -0.285. The second kappa shape index (κ2) is 7.67. The van der Waals surface area contributed by atoms with E-state index in [1.807, 2.05) is 36.1 Å². The number of hydrogen-bond acceptors (Lipinski definition) is 7. The van der Waals surface area contributed by atoms with Crippen LogP contribution in [0.4, 0.5) is 0 Å². The summed E-state index contributed by atoms with van der Waals surface area (Å²) in [6.45, 7) is 4.28. The third-order valence-electron chi connectivity index (χ3n) is 3.69. The summed E-state index contributed by atoms with van der Waals surface area (Å²) in [6.07, 6.45) is 0. The van der Waals surface area contributed by atoms with Gasteiger partial charge in [-0.05, 0) is 31.2 Å². The summed E-state index contributed by atoms with van der Waals surface area (Å²) < 4.78 is 16.0. The van der Waals surface area contributed by atoms with Gasteiger partial charge in [0, 0.05) is 18.7 Å². The minimum absolute atomic E-state index is 0.0625. The van der Waals surface area contributed by atoms with Gasteiger partial charge in [0.25, 0.3) is 5.22 Å². The molecule has 0 bridgehead atoms. The molecule has 1 saturated heterocycles. The average molecular weight is 349 g/mol. The number of aromatic nitrogens is 2. The van der Waals surface area contributed by atoms with E-state index in [1.54, 1.807) is 7.11 Å². The van der Waals surface area contributed by atoms with Crippen LogP contribution in [0.1, 0.15) is 6.92 Å². The van der Waals surface area contributed by atoms with Crippen LogP contribution in [0.2, 0.25) is 0 Å². The molecular formula is C16H19N3O4S. The summed E-state index contributed by atoms with van der Waals surface area (Å²) in [4.78, 5) is 14.2. The number of ether oxygens (including phenoxy) is 2. The molecule has 8 heteroatoms. The van der Waals surface area contributed by atoms with Crippen LogP contribution in [0, 0.1) is 0 Å². The fourth-order valence-corrected chi connectivity index (χ4v) is 3.12. The Hall–Kier alpha value is -2.06. The summed E-state index contributed by atoms with van der Waals surface area (Å²) in [6, 6.07) is 7.36. The van der Waals surface area contributed by atoms with Crippen LogP contribution in [-0.2, 0) is 9.53 Å². The van der Waals surface area contributed by atoms with Gasteiger partial charge in [-0.25, -0.2) is 0 Å². The van der Waals surface area contributed by atoms with Crippen LogP contribution in [-0.4, -0.2) is 59.7 Å². The number of morpholine rings is 1. The number of hydrogen-bond donors (Lipinski definition) is 0. The Kier molecular flexibility index (Phi) is 5.37. The molecule has 1 unspecified atom stereocenters. The Morgan fingerprint density at radius 3 is 2.62 bits per heavy atom. The van der Waals surface area contributed by atoms with Gasteiger partial charge in [-0.15, -0.1) is 10.2 Å². The van der Waals surface area contributed by atoms with E-state index in [2.05, 4.69) is 10.2 Å². The van der Waals surface area contributed by atoms with Gasteiger partial charge in [-0.2, -0.15) is 0 Å². The van der Waals surface area contributed by atoms with Crippen molar-refractivity contribution < 1.29 is 18.7 Å². The summed E-state index contributed by atoms with van der Waals surface area (Å²) in [5.41, 5.74) is 0.808. The lowest BCUT2D eigenvalue weighted by molar-refractivity contribution is -0.134. The smallest absolute Gasteiger partial charge is 0.277 e. The first kappa shape index (κ1) is 16.8. The van der Waals surface area contributed by atoms with E-state index in [4.69, 9.17) is 13.9 Å². The molecule has 0 N–H and O–H groups in total. The van der Waals surface area contributed by atoms with E-state index in [1.165, 1.54) is 11.8 Å². The third kappa shape index (κ3) is 3.88. The van der Waals surface area contributed by atoms with E-state index in [9.17, 15) is 4.79 Å². The number of thioether (sulfide) groups is 1. The quantitative estimate of drug-likeness (QED) is 0.765. The van der Waals surface area contributed by atoms with Crippen molar-refractivity contribution >= 4 is 17.7 Å². The number of carbonyl (C=O) groups is 1. The van der Waals surface area contributed by atoms with Crippen LogP contribution in [0.25, 0.3) is 11.5 Å². The molecule has 0 aliphatic carbocycles. The molecule has 0 saturated carbocycles. The number of rotatable bonds is 5. The van der Waals surface area contributed by atoms with Gasteiger partial charge < -0.3 is 18.8 Å². The maximum Gasteiger partial charge on any atom is 0.277 e. The molecule has 1 aliphatic rings. The van der Waals surface area contributed by atoms with Crippen molar-refractivity contribution in [2.24, 2.45) is 0 Å². The summed E-state index contributed by atoms with van der Waals surface area (Å²) in [5, 5.41) is 8.17. The van der Waals surface area contributed by atoms with Crippen LogP contribution in [0.15, 0.2) is 33.9 Å². The lowest BCUT2D eigenvalue weighted by Gasteiger charge is -2.28. The van der Waals surface area contributed by atoms with Gasteiger partial charge in [0.2, 0.25) is 11.8 Å². The van der Waals surface area contributed by atoms with E-state index in [-0.39, 0.29) is 11.2 Å². The van der Waals surface area contributed by atoms with Gasteiger partial charge in [-0.3, -0.25) is 4.79 Å². The lowest BCUT2D eigenvalue weighted by atomic mass is 10.2. The molecular weight excluding hydrogens is 330 g/mol. The predicted octanol–water partition coefficient (Wildman–Crippen LogP) is 2.08. The van der Waals surface area contributed by atoms with Gasteiger partial charge in [0.15, 0.2) is 0 Å². The molecule has 1 fully saturated rings. The molecule has 2 aromatic rings. The minimum Gasteiger partial charge on any atom is -0.497 e. The summed E-state index contributed by atoms with van der Waals surface area (Å²) in [7, 11) is 1.61. The van der Waals surface area contributed by atoms with Gasteiger partial charge in [0.05, 0.1) is 25.6 Å². The van der Waals surface area contributed by atoms with Gasteiger partial charge in [-0.1, -0.05) is 11.8 Å². The molecule has 1 atom stereocenters. The van der Waals surface area contributed by atoms with E-state index >= 15 is 0 Å². The third-order valence-corrected chi connectivity index (χ3v) is 4.61. The fraction of sp³-hybridized carbons (Fsp3) is 0.438. The topological polar surface area (TPSA) is 77.7 Å². The number of nitrogens with zero attached hydrogens (tertiary/aromatic N) is 3. The lowest BCUT2D eigenvalue weighted by Crippen LogP contribution is -2.44. The number of methoxy groups -OCH3 is 1. The largest absolute Gasteiger partial charge is 0.497 e. The normalized spacial score (nSPS) is 16.0. The van der Waals surface area contributed by atoms with Crippen LogP contribution < -0.4 is 4.74 Å². The average Bonchev–Trinajstić information content (AvgIpc) is 3.10. The van der Waals surface area contributed by atoms with Crippen LogP contribution in [0.5, 0.6) is 5.75 Å². The Labute approximate surface area is 144 Å². The Morgan fingerprint density at radius 1 is 1.25 bits per heavy atom. The zero-order chi connectivity index (χ0) is 16.9. The van der Waals surface area contributed by atoms with Crippen LogP contribution in [0.3, 0.4) is 0 Å². The standard InChI is InChI=1S/C16H19N3O4S/c1-11(15(20)19-7-9-22-10-8-19)24-16-18-17-14(23-16)12-3-5-13(21-2)6-4-12/h3-6,11H,7-10H2,1-2H3. The van der Waals surface area contributed by atoms with Gasteiger partial charge >= 0.3 is 0 Å². The van der Waals surface area contributed by atoms with Crippen molar-refractivity contribution in [3.05, 3.63) is 24.3 Å². The maximum absolute atomic E-state index is 12.4. The number of carbonyl (C=O) groups excluding carboxylic acids is 1. The molecule has 7 nitrogen and oxygen atoms in total. The molecule has 1 aromatic carbocycles. The molecule has 3 rings (SSSR count). The molecule has 1 aromatic heterocycles. The highest BCUT2D eigenvalue weighted by atomic mass is 32.2. The van der Waals surface area contributed by atoms with Crippen molar-refractivity contribution in [2.45, 2.75) is 17.4 Å². The second-order valence-electron chi connectivity index (χ2n) is 5.30. The zero-order valence-corrected chi connectivity index (χ0v) is 14.4. The second-order valence-corrected chi connectivity index (χ2v) is 6.59. The highest BCUT2D eigenvalue weighted by molar-refractivity contribution is 8.00. The summed E-state index contributed by atoms with van der Waals surface area (Å²) in [5.74, 6) is 1.25. The first-order valence-electron chi connectivity index (χ1n) is 7.68. The summed E-state index contributed by atoms with van der Waals surface area (Å²) >= 11 is 1.27. The van der Waals surface area contributed by atoms with Crippen molar-refractivity contribution in [3.63, 3.8) is 0 Å². The van der Waals surface area contributed by atoms with Crippen molar-refractivity contribution in [1.82, 2.24) is 15.1 Å². The van der Waals surface area contributed by atoms with Crippen molar-refractivity contribution in [2.75, 3.05) is 33.4 Å². The molecule has 0 spiro atoms. The molecule has 0 radical (unpaired) electrons. The first-order chi connectivity index (χ1) is 11.7. The van der Waals surface area contributed by atoms with E-state index < -0.39 is 0 Å². The Morgan fingerprint density at radius 2 is 1.96 bits per heavy atom. The SMILES string of the molecule is COc1ccc(-c2nnc(SC(C)C(=O)N3CCOCC3)o2)cc1. The molecule has 2 heterocycles.